The highest BCUT2D eigenvalue weighted by Gasteiger charge is 2.49. The van der Waals surface area contributed by atoms with Gasteiger partial charge in [0.2, 0.25) is 5.91 Å². The number of rotatable bonds is 6. The first-order valence-corrected chi connectivity index (χ1v) is 11.4. The van der Waals surface area contributed by atoms with Gasteiger partial charge in [0.25, 0.3) is 11.8 Å². The lowest BCUT2D eigenvalue weighted by Gasteiger charge is -2.22. The number of fused-ring (bicyclic) bond motifs is 1. The van der Waals surface area contributed by atoms with Crippen LogP contribution < -0.4 is 16.4 Å². The molecule has 4 N–H and O–H groups in total. The number of anilines is 1. The second-order valence-electron chi connectivity index (χ2n) is 8.70. The van der Waals surface area contributed by atoms with E-state index in [1.807, 2.05) is 24.3 Å². The molecule has 2 heterocycles. The monoisotopic (exact) mass is 454 g/mol. The average Bonchev–Trinajstić information content (AvgIpc) is 3.37. The van der Waals surface area contributed by atoms with Crippen LogP contribution in [0.25, 0.3) is 0 Å². The molecule has 1 fully saturated rings. The minimum atomic E-state index is -1.25. The Balaban J connectivity index is 1.50. The third-order valence-electron chi connectivity index (χ3n) is 6.15. The SMILES string of the molecule is CC(C)c1ccc([C@@]2(C)NC(=O)N(CC(=O)Nc3sc4c(c3C(N)=O)CCC4)C2=O)cc1. The summed E-state index contributed by atoms with van der Waals surface area (Å²) in [7, 11) is 0. The van der Waals surface area contributed by atoms with Crippen molar-refractivity contribution in [3.05, 3.63) is 51.4 Å². The van der Waals surface area contributed by atoms with E-state index in [1.165, 1.54) is 11.3 Å². The van der Waals surface area contributed by atoms with Crippen molar-refractivity contribution in [1.29, 1.82) is 0 Å². The van der Waals surface area contributed by atoms with Crippen LogP contribution in [0.5, 0.6) is 0 Å². The second-order valence-corrected chi connectivity index (χ2v) is 9.80. The van der Waals surface area contributed by atoms with Crippen molar-refractivity contribution in [2.75, 3.05) is 11.9 Å². The molecule has 9 heteroatoms. The van der Waals surface area contributed by atoms with Crippen LogP contribution in [-0.4, -0.2) is 35.2 Å². The van der Waals surface area contributed by atoms with E-state index in [0.717, 1.165) is 40.2 Å². The number of hydrogen-bond acceptors (Lipinski definition) is 5. The largest absolute Gasteiger partial charge is 0.365 e. The Hall–Kier alpha value is -3.20. The van der Waals surface area contributed by atoms with Gasteiger partial charge in [0.1, 0.15) is 17.1 Å². The number of carbonyl (C=O) groups excluding carboxylic acids is 4. The highest BCUT2D eigenvalue weighted by molar-refractivity contribution is 7.17. The van der Waals surface area contributed by atoms with Crippen LogP contribution in [0.2, 0.25) is 0 Å². The van der Waals surface area contributed by atoms with E-state index in [2.05, 4.69) is 24.5 Å². The molecule has 1 aromatic heterocycles. The molecule has 0 saturated carbocycles. The van der Waals surface area contributed by atoms with Crippen LogP contribution in [0.3, 0.4) is 0 Å². The maximum absolute atomic E-state index is 13.1. The number of nitrogens with two attached hydrogens (primary N) is 1. The van der Waals surface area contributed by atoms with E-state index in [9.17, 15) is 19.2 Å². The van der Waals surface area contributed by atoms with E-state index in [1.54, 1.807) is 6.92 Å². The Morgan fingerprint density at radius 1 is 1.22 bits per heavy atom. The van der Waals surface area contributed by atoms with Gasteiger partial charge in [-0.2, -0.15) is 0 Å². The fourth-order valence-corrected chi connectivity index (χ4v) is 5.61. The number of hydrogen-bond donors (Lipinski definition) is 3. The zero-order valence-electron chi connectivity index (χ0n) is 18.3. The minimum Gasteiger partial charge on any atom is -0.365 e. The van der Waals surface area contributed by atoms with Crippen molar-refractivity contribution < 1.29 is 19.2 Å². The van der Waals surface area contributed by atoms with Gasteiger partial charge >= 0.3 is 6.03 Å². The summed E-state index contributed by atoms with van der Waals surface area (Å²) < 4.78 is 0. The molecule has 1 aliphatic carbocycles. The summed E-state index contributed by atoms with van der Waals surface area (Å²) in [6.45, 7) is 5.33. The number of aryl methyl sites for hydroxylation is 1. The molecule has 1 aliphatic heterocycles. The fourth-order valence-electron chi connectivity index (χ4n) is 4.30. The van der Waals surface area contributed by atoms with Gasteiger partial charge in [-0.15, -0.1) is 11.3 Å². The van der Waals surface area contributed by atoms with Crippen LogP contribution >= 0.6 is 11.3 Å². The topological polar surface area (TPSA) is 122 Å². The lowest BCUT2D eigenvalue weighted by Crippen LogP contribution is -2.42. The third-order valence-corrected chi connectivity index (χ3v) is 7.36. The average molecular weight is 455 g/mol. The van der Waals surface area contributed by atoms with E-state index in [4.69, 9.17) is 5.73 Å². The van der Waals surface area contributed by atoms with Crippen LogP contribution in [-0.2, 0) is 28.0 Å². The summed E-state index contributed by atoms with van der Waals surface area (Å²) >= 11 is 1.33. The Morgan fingerprint density at radius 3 is 2.53 bits per heavy atom. The number of nitrogens with zero attached hydrogens (tertiary/aromatic N) is 1. The van der Waals surface area contributed by atoms with E-state index < -0.39 is 35.8 Å². The first-order chi connectivity index (χ1) is 15.1. The molecule has 0 radical (unpaired) electrons. The maximum atomic E-state index is 13.1. The predicted octanol–water partition coefficient (Wildman–Crippen LogP) is 2.86. The van der Waals surface area contributed by atoms with Gasteiger partial charge in [-0.25, -0.2) is 4.79 Å². The Bertz CT molecular complexity index is 1120. The van der Waals surface area contributed by atoms with Gasteiger partial charge in [0.15, 0.2) is 0 Å². The summed E-state index contributed by atoms with van der Waals surface area (Å²) in [5.41, 5.74) is 7.28. The van der Waals surface area contributed by atoms with Crippen molar-refractivity contribution in [2.45, 2.75) is 51.5 Å². The number of urea groups is 1. The normalized spacial score (nSPS) is 19.9. The van der Waals surface area contributed by atoms with E-state index >= 15 is 0 Å². The predicted molar refractivity (Wildman–Crippen MR) is 122 cm³/mol. The lowest BCUT2D eigenvalue weighted by molar-refractivity contribution is -0.133. The molecule has 5 amide bonds. The van der Waals surface area contributed by atoms with Crippen molar-refractivity contribution in [2.24, 2.45) is 5.73 Å². The third kappa shape index (κ3) is 3.66. The number of carbonyl (C=O) groups is 4. The summed E-state index contributed by atoms with van der Waals surface area (Å²) in [5.74, 6) is -1.31. The number of benzene rings is 1. The van der Waals surface area contributed by atoms with Gasteiger partial charge < -0.3 is 16.4 Å². The molecule has 32 heavy (non-hydrogen) atoms. The Labute approximate surface area is 190 Å². The van der Waals surface area contributed by atoms with Gasteiger partial charge in [0, 0.05) is 4.88 Å². The number of imide groups is 1. The number of amides is 5. The standard InChI is InChI=1S/C23H26N4O4S/c1-12(2)13-7-9-14(10-8-13)23(3)21(30)27(22(31)26-23)11-17(28)25-20-18(19(24)29)15-5-4-6-16(15)32-20/h7-10,12H,4-6,11H2,1-3H3,(H2,24,29)(H,25,28)(H,26,31)/t23-/m1/s1. The fraction of sp³-hybridized carbons (Fsp3) is 0.391. The van der Waals surface area contributed by atoms with Gasteiger partial charge in [-0.1, -0.05) is 38.1 Å². The van der Waals surface area contributed by atoms with Gasteiger partial charge in [-0.05, 0) is 48.8 Å². The maximum Gasteiger partial charge on any atom is 0.325 e. The molecule has 168 valence electrons. The highest BCUT2D eigenvalue weighted by Crippen LogP contribution is 2.39. The molecule has 4 rings (SSSR count). The van der Waals surface area contributed by atoms with Crippen molar-refractivity contribution in [1.82, 2.24) is 10.2 Å². The molecular weight excluding hydrogens is 428 g/mol. The van der Waals surface area contributed by atoms with Crippen LogP contribution in [0.15, 0.2) is 24.3 Å². The zero-order valence-corrected chi connectivity index (χ0v) is 19.1. The molecule has 2 aliphatic rings. The molecule has 2 aromatic rings. The number of nitrogens with one attached hydrogen (secondary N) is 2. The van der Waals surface area contributed by atoms with Crippen LogP contribution in [0.4, 0.5) is 9.80 Å². The molecule has 0 spiro atoms. The van der Waals surface area contributed by atoms with Crippen LogP contribution in [0, 0.1) is 0 Å². The highest BCUT2D eigenvalue weighted by atomic mass is 32.1. The summed E-state index contributed by atoms with van der Waals surface area (Å²) in [6, 6.07) is 6.87. The smallest absolute Gasteiger partial charge is 0.325 e. The molecule has 1 atom stereocenters. The van der Waals surface area contributed by atoms with E-state index in [0.29, 0.717) is 22.0 Å². The quantitative estimate of drug-likeness (QED) is 0.581. The summed E-state index contributed by atoms with van der Waals surface area (Å²) in [4.78, 5) is 52.3. The first-order valence-electron chi connectivity index (χ1n) is 10.6. The minimum absolute atomic E-state index is 0.336. The van der Waals surface area contributed by atoms with Crippen molar-refractivity contribution >= 4 is 40.1 Å². The zero-order chi connectivity index (χ0) is 23.2. The molecule has 0 bridgehead atoms. The number of primary amides is 1. The Morgan fingerprint density at radius 2 is 1.91 bits per heavy atom. The van der Waals surface area contributed by atoms with Crippen LogP contribution in [0.1, 0.15) is 65.0 Å². The second kappa shape index (κ2) is 8.05. The molecule has 1 aromatic carbocycles. The molecule has 8 nitrogen and oxygen atoms in total. The van der Waals surface area contributed by atoms with Crippen molar-refractivity contribution in [3.63, 3.8) is 0 Å². The first kappa shape index (κ1) is 22.0. The Kier molecular flexibility index (Phi) is 5.54. The van der Waals surface area contributed by atoms with Crippen molar-refractivity contribution in [3.8, 4) is 0 Å². The lowest BCUT2D eigenvalue weighted by atomic mass is 9.90. The van der Waals surface area contributed by atoms with E-state index in [-0.39, 0.29) is 0 Å². The molecular formula is C23H26N4O4S. The summed E-state index contributed by atoms with van der Waals surface area (Å²) in [6.07, 6.45) is 2.55. The summed E-state index contributed by atoms with van der Waals surface area (Å²) in [5, 5.41) is 5.77. The van der Waals surface area contributed by atoms with Gasteiger partial charge in [-0.3, -0.25) is 19.3 Å². The number of thiophene rings is 1. The van der Waals surface area contributed by atoms with Gasteiger partial charge in [0.05, 0.1) is 5.56 Å². The molecule has 0 unspecified atom stereocenters. The molecule has 1 saturated heterocycles.